The van der Waals surface area contributed by atoms with Gasteiger partial charge in [-0.1, -0.05) is 111 Å². The van der Waals surface area contributed by atoms with Gasteiger partial charge in [-0.25, -0.2) is 4.39 Å². The Kier molecular flexibility index (Phi) is 11.4. The largest absolute Gasteiger partial charge is 0.432 e. The summed E-state index contributed by atoms with van der Waals surface area (Å²) in [6, 6.07) is 27.5. The quantitative estimate of drug-likeness (QED) is 0.132. The zero-order valence-corrected chi connectivity index (χ0v) is 34.7. The summed E-state index contributed by atoms with van der Waals surface area (Å²) in [5, 5.41) is 7.50. The van der Waals surface area contributed by atoms with Gasteiger partial charge in [-0.15, -0.1) is 0 Å². The Balaban J connectivity index is 1.31. The molecule has 8 nitrogen and oxygen atoms in total. The van der Waals surface area contributed by atoms with Crippen LogP contribution in [0.3, 0.4) is 0 Å². The molecule has 0 saturated heterocycles. The highest BCUT2D eigenvalue weighted by atomic mass is 35.5. The number of fused-ring (bicyclic) bond motifs is 3. The molecule has 7 rings (SSSR count). The summed E-state index contributed by atoms with van der Waals surface area (Å²) in [4.78, 5) is 32.1. The monoisotopic (exact) mass is 834 g/mol. The number of nitrogens with zero attached hydrogens (tertiary/aromatic N) is 4. The molecule has 2 aliphatic heterocycles. The van der Waals surface area contributed by atoms with E-state index in [0.717, 1.165) is 22.5 Å². The van der Waals surface area contributed by atoms with E-state index in [-0.39, 0.29) is 47.6 Å². The fourth-order valence-corrected chi connectivity index (χ4v) is 13.1. The molecule has 2 aliphatic rings. The van der Waals surface area contributed by atoms with Crippen molar-refractivity contribution in [2.24, 2.45) is 0 Å². The van der Waals surface area contributed by atoms with Crippen LogP contribution in [-0.2, 0) is 17.4 Å². The van der Waals surface area contributed by atoms with Gasteiger partial charge in [0.2, 0.25) is 0 Å². The van der Waals surface area contributed by atoms with Crippen molar-refractivity contribution in [3.63, 3.8) is 0 Å². The predicted octanol–water partition coefficient (Wildman–Crippen LogP) is 8.85. The summed E-state index contributed by atoms with van der Waals surface area (Å²) >= 11 is 12.4. The number of carbonyl (C=O) groups is 2. The molecule has 0 radical (unpaired) electrons. The lowest BCUT2D eigenvalue weighted by molar-refractivity contribution is -0.0522. The van der Waals surface area contributed by atoms with Crippen molar-refractivity contribution in [2.75, 3.05) is 13.2 Å². The van der Waals surface area contributed by atoms with Crippen LogP contribution in [0.5, 0.6) is 5.75 Å². The molecule has 0 saturated carbocycles. The number of hydrogen-bond donors (Lipinski definition) is 0. The Morgan fingerprint density at radius 1 is 0.947 bits per heavy atom. The van der Waals surface area contributed by atoms with Gasteiger partial charge in [-0.3, -0.25) is 14.3 Å². The van der Waals surface area contributed by atoms with E-state index in [1.807, 2.05) is 43.3 Å². The Morgan fingerprint density at radius 3 is 2.18 bits per heavy atom. The number of amides is 2. The fraction of sp³-hybridized carbons (Fsp3) is 0.326. The highest BCUT2D eigenvalue weighted by Crippen LogP contribution is 2.40. The number of alkyl halides is 2. The molecular weight excluding hydrogens is 792 g/mol. The highest BCUT2D eigenvalue weighted by Gasteiger charge is 2.51. The average Bonchev–Trinajstić information content (AvgIpc) is 3.55. The van der Waals surface area contributed by atoms with Crippen LogP contribution in [0, 0.1) is 5.82 Å². The summed E-state index contributed by atoms with van der Waals surface area (Å²) in [5.41, 5.74) is 2.39. The third-order valence-corrected chi connectivity index (χ3v) is 16.9. The van der Waals surface area contributed by atoms with E-state index in [1.54, 1.807) is 33.5 Å². The lowest BCUT2D eigenvalue weighted by Gasteiger charge is -2.45. The van der Waals surface area contributed by atoms with E-state index < -0.39 is 38.6 Å². The first-order chi connectivity index (χ1) is 27.1. The molecule has 298 valence electrons. The normalized spacial score (nSPS) is 17.7. The molecule has 0 N–H and O–H groups in total. The predicted molar refractivity (Wildman–Crippen MR) is 217 cm³/mol. The van der Waals surface area contributed by atoms with E-state index >= 15 is 4.39 Å². The van der Waals surface area contributed by atoms with Crippen LogP contribution in [0.25, 0.3) is 0 Å². The zero-order chi connectivity index (χ0) is 40.8. The number of ether oxygens (including phenoxy) is 1. The SMILES string of the molecule is CC(c1ccc(OC(F)F)c(F)c1)N1C[C@@H](CO[Si](c2ccccc2)(c2ccccc2)C(C)(C)C)n2nc3c(c2C1=O)CN(C(=O)c1ccc(Cl)c(Cl)c1)[C@H](C)C3. The third kappa shape index (κ3) is 7.60. The molecule has 3 heterocycles. The number of halogens is 5. The summed E-state index contributed by atoms with van der Waals surface area (Å²) in [6.45, 7) is 7.51. The molecule has 0 bridgehead atoms. The van der Waals surface area contributed by atoms with Gasteiger partial charge in [0.25, 0.3) is 20.1 Å². The van der Waals surface area contributed by atoms with Crippen molar-refractivity contribution < 1.29 is 31.9 Å². The molecule has 3 atom stereocenters. The first-order valence-electron chi connectivity index (χ1n) is 18.8. The lowest BCUT2D eigenvalue weighted by atomic mass is 9.96. The maximum atomic E-state index is 15.1. The minimum Gasteiger partial charge on any atom is -0.432 e. The van der Waals surface area contributed by atoms with Gasteiger partial charge < -0.3 is 19.0 Å². The van der Waals surface area contributed by atoms with E-state index in [4.69, 9.17) is 32.7 Å². The second-order valence-electron chi connectivity index (χ2n) is 15.7. The van der Waals surface area contributed by atoms with E-state index in [9.17, 15) is 18.4 Å². The second-order valence-corrected chi connectivity index (χ2v) is 20.8. The van der Waals surface area contributed by atoms with Gasteiger partial charge in [0.1, 0.15) is 5.69 Å². The number of rotatable bonds is 10. The van der Waals surface area contributed by atoms with E-state index in [2.05, 4.69) is 49.8 Å². The molecule has 1 aromatic heterocycles. The lowest BCUT2D eigenvalue weighted by Crippen LogP contribution is -2.67. The molecular formula is C43H43Cl2F3N4O4Si. The molecule has 2 amide bonds. The van der Waals surface area contributed by atoms with Crippen molar-refractivity contribution in [3.8, 4) is 5.75 Å². The van der Waals surface area contributed by atoms with Gasteiger partial charge in [0.15, 0.2) is 11.6 Å². The molecule has 0 spiro atoms. The van der Waals surface area contributed by atoms with E-state index in [0.29, 0.717) is 39.5 Å². The summed E-state index contributed by atoms with van der Waals surface area (Å²) in [6.07, 6.45) is 0.393. The topological polar surface area (TPSA) is 76.9 Å². The average molecular weight is 836 g/mol. The summed E-state index contributed by atoms with van der Waals surface area (Å²) in [7, 11) is -3.05. The Hall–Kier alpha value is -4.62. The summed E-state index contributed by atoms with van der Waals surface area (Å²) in [5.74, 6) is -2.19. The van der Waals surface area contributed by atoms with Crippen LogP contribution in [-0.4, -0.2) is 65.5 Å². The molecule has 4 aromatic carbocycles. The van der Waals surface area contributed by atoms with Crippen molar-refractivity contribution in [3.05, 3.63) is 141 Å². The minimum absolute atomic E-state index is 0.107. The first kappa shape index (κ1) is 40.6. The fourth-order valence-electron chi connectivity index (χ4n) is 8.23. The second kappa shape index (κ2) is 16.0. The third-order valence-electron chi connectivity index (χ3n) is 11.1. The zero-order valence-electron chi connectivity index (χ0n) is 32.2. The number of carbonyl (C=O) groups excluding carboxylic acids is 2. The minimum atomic E-state index is -3.19. The molecule has 1 unspecified atom stereocenters. The van der Waals surface area contributed by atoms with Crippen molar-refractivity contribution in [1.29, 1.82) is 0 Å². The van der Waals surface area contributed by atoms with Gasteiger partial charge >= 0.3 is 6.61 Å². The van der Waals surface area contributed by atoms with Crippen molar-refractivity contribution in [1.82, 2.24) is 19.6 Å². The van der Waals surface area contributed by atoms with Gasteiger partial charge in [-0.2, -0.15) is 13.9 Å². The number of aromatic nitrogens is 2. The van der Waals surface area contributed by atoms with Crippen LogP contribution in [0.15, 0.2) is 97.1 Å². The van der Waals surface area contributed by atoms with Crippen LogP contribution in [0.2, 0.25) is 15.1 Å². The standard InChI is InChI=1S/C43H43Cl2F3N4O4Si/c1-26-20-37-33(24-50(26)40(53)29-16-18-34(44)35(45)21-29)39-41(54)51(27(2)28-17-19-38(36(46)22-28)56-42(47)48)23-30(52(39)49-37)25-55-57(43(3,4)5,31-12-8-6-9-13-31)32-14-10-7-11-15-32/h6-19,21-22,26-27,30,42H,20,23-25H2,1-5H3/t26-,27?,30+/m1/s1. The van der Waals surface area contributed by atoms with Crippen LogP contribution in [0.1, 0.15) is 84.4 Å². The van der Waals surface area contributed by atoms with Gasteiger partial charge in [0, 0.05) is 30.1 Å². The first-order valence-corrected chi connectivity index (χ1v) is 21.4. The Labute approximate surface area is 341 Å². The van der Waals surface area contributed by atoms with E-state index in [1.165, 1.54) is 12.1 Å². The maximum absolute atomic E-state index is 15.1. The highest BCUT2D eigenvalue weighted by molar-refractivity contribution is 6.99. The molecule has 0 fully saturated rings. The molecule has 57 heavy (non-hydrogen) atoms. The van der Waals surface area contributed by atoms with Crippen LogP contribution in [0.4, 0.5) is 13.2 Å². The Morgan fingerprint density at radius 2 is 1.60 bits per heavy atom. The van der Waals surface area contributed by atoms with Crippen molar-refractivity contribution >= 4 is 53.7 Å². The van der Waals surface area contributed by atoms with Crippen molar-refractivity contribution in [2.45, 2.75) is 77.4 Å². The maximum Gasteiger partial charge on any atom is 0.387 e. The molecule has 14 heteroatoms. The molecule has 0 aliphatic carbocycles. The smallest absolute Gasteiger partial charge is 0.387 e. The van der Waals surface area contributed by atoms with Gasteiger partial charge in [0.05, 0.1) is 41.0 Å². The van der Waals surface area contributed by atoms with Crippen LogP contribution >= 0.6 is 23.2 Å². The Bertz CT molecular complexity index is 2250. The summed E-state index contributed by atoms with van der Waals surface area (Å²) < 4.78 is 54.6. The number of hydrogen-bond acceptors (Lipinski definition) is 5. The van der Waals surface area contributed by atoms with Crippen LogP contribution < -0.4 is 15.1 Å². The van der Waals surface area contributed by atoms with Gasteiger partial charge in [-0.05, 0) is 65.2 Å². The number of benzene rings is 4. The molecule has 5 aromatic rings.